The van der Waals surface area contributed by atoms with Gasteiger partial charge in [0.2, 0.25) is 0 Å². The minimum Gasteiger partial charge on any atom is -0.506 e. The molecule has 0 bridgehead atoms. The number of aromatic hydroxyl groups is 1. The van der Waals surface area contributed by atoms with Crippen LogP contribution < -0.4 is 5.43 Å². The summed E-state index contributed by atoms with van der Waals surface area (Å²) < 4.78 is 0.786. The second kappa shape index (κ2) is 3.21. The number of phenolic OH excluding ortho intramolecular Hbond substituents is 1. The highest BCUT2D eigenvalue weighted by Crippen LogP contribution is 2.28. The van der Waals surface area contributed by atoms with Gasteiger partial charge in [0.1, 0.15) is 17.0 Å². The normalized spacial score (nSPS) is 11.1. The van der Waals surface area contributed by atoms with E-state index in [4.69, 9.17) is 0 Å². The van der Waals surface area contributed by atoms with Gasteiger partial charge in [-0.25, -0.2) is 4.98 Å². The van der Waals surface area contributed by atoms with E-state index >= 15 is 0 Å². The van der Waals surface area contributed by atoms with Crippen LogP contribution in [0.25, 0.3) is 22.4 Å². The lowest BCUT2D eigenvalue weighted by molar-refractivity contribution is 0.200. The van der Waals surface area contributed by atoms with Crippen LogP contribution in [0.5, 0.6) is 5.75 Å². The van der Waals surface area contributed by atoms with Crippen molar-refractivity contribution in [2.75, 3.05) is 0 Å². The SMILES string of the molecule is O=c1ccc2nc3cccc(O)c3n(O)c-2c1. The topological polar surface area (TPSA) is 75.3 Å². The molecule has 5 heteroatoms. The third kappa shape index (κ3) is 1.32. The maximum Gasteiger partial charge on any atom is 0.181 e. The molecule has 2 N–H and O–H groups in total. The summed E-state index contributed by atoms with van der Waals surface area (Å²) >= 11 is 0. The fourth-order valence-corrected chi connectivity index (χ4v) is 1.84. The molecule has 17 heavy (non-hydrogen) atoms. The Kier molecular flexibility index (Phi) is 1.82. The molecule has 0 unspecified atom stereocenters. The summed E-state index contributed by atoms with van der Waals surface area (Å²) in [6.45, 7) is 0. The van der Waals surface area contributed by atoms with E-state index in [2.05, 4.69) is 4.98 Å². The van der Waals surface area contributed by atoms with E-state index in [1.807, 2.05) is 0 Å². The molecule has 84 valence electrons. The first kappa shape index (κ1) is 9.65. The minimum atomic E-state index is -0.225. The van der Waals surface area contributed by atoms with Crippen molar-refractivity contribution in [1.29, 1.82) is 0 Å². The van der Waals surface area contributed by atoms with Crippen molar-refractivity contribution < 1.29 is 10.3 Å². The van der Waals surface area contributed by atoms with Gasteiger partial charge in [-0.15, -0.1) is 0 Å². The Balaban J connectivity index is 2.59. The molecule has 0 atom stereocenters. The van der Waals surface area contributed by atoms with Gasteiger partial charge in [0.05, 0.1) is 11.2 Å². The molecule has 5 nitrogen and oxygen atoms in total. The smallest absolute Gasteiger partial charge is 0.181 e. The zero-order valence-electron chi connectivity index (χ0n) is 8.66. The fraction of sp³-hybridized carbons (Fsp3) is 0. The van der Waals surface area contributed by atoms with Gasteiger partial charge in [0.15, 0.2) is 5.43 Å². The molecule has 0 radical (unpaired) electrons. The van der Waals surface area contributed by atoms with Crippen molar-refractivity contribution in [2.45, 2.75) is 0 Å². The first-order valence-corrected chi connectivity index (χ1v) is 5.00. The van der Waals surface area contributed by atoms with Gasteiger partial charge >= 0.3 is 0 Å². The number of para-hydroxylation sites is 1. The number of benzene rings is 2. The standard InChI is InChI=1S/C12H8N2O3/c15-7-4-5-8-10(6-7)14(17)12-9(13-8)2-1-3-11(12)16/h1-6,16-17H. The quantitative estimate of drug-likeness (QED) is 0.451. The highest BCUT2D eigenvalue weighted by molar-refractivity contribution is 5.84. The average Bonchev–Trinajstić information content (AvgIpc) is 2.30. The number of rotatable bonds is 0. The molecule has 0 saturated carbocycles. The monoisotopic (exact) mass is 228 g/mol. The zero-order valence-corrected chi connectivity index (χ0v) is 8.66. The highest BCUT2D eigenvalue weighted by atomic mass is 16.5. The lowest BCUT2D eigenvalue weighted by Crippen LogP contribution is -2.08. The van der Waals surface area contributed by atoms with Crippen molar-refractivity contribution in [3.05, 3.63) is 46.6 Å². The van der Waals surface area contributed by atoms with Crippen LogP contribution in [0, 0.1) is 0 Å². The van der Waals surface area contributed by atoms with Crippen molar-refractivity contribution in [3.63, 3.8) is 0 Å². The van der Waals surface area contributed by atoms with Crippen LogP contribution in [0.4, 0.5) is 0 Å². The predicted molar refractivity (Wildman–Crippen MR) is 61.5 cm³/mol. The molecular weight excluding hydrogens is 220 g/mol. The van der Waals surface area contributed by atoms with Crippen LogP contribution in [0.15, 0.2) is 41.2 Å². The van der Waals surface area contributed by atoms with E-state index in [0.717, 1.165) is 4.73 Å². The fourth-order valence-electron chi connectivity index (χ4n) is 1.84. The minimum absolute atomic E-state index is 0.0873. The van der Waals surface area contributed by atoms with Crippen LogP contribution in [-0.4, -0.2) is 20.0 Å². The number of hydrogen-bond acceptors (Lipinski definition) is 4. The molecule has 1 aliphatic heterocycles. The van der Waals surface area contributed by atoms with Crippen LogP contribution in [-0.2, 0) is 0 Å². The van der Waals surface area contributed by atoms with Crippen LogP contribution >= 0.6 is 0 Å². The van der Waals surface area contributed by atoms with Gasteiger partial charge in [-0.3, -0.25) is 4.79 Å². The molecule has 0 amide bonds. The summed E-state index contributed by atoms with van der Waals surface area (Å²) in [6, 6.07) is 8.94. The number of fused-ring (bicyclic) bond motifs is 2. The molecule has 0 aromatic heterocycles. The van der Waals surface area contributed by atoms with E-state index in [9.17, 15) is 15.1 Å². The Labute approximate surface area is 95.5 Å². The third-order valence-electron chi connectivity index (χ3n) is 2.62. The van der Waals surface area contributed by atoms with Crippen molar-refractivity contribution >= 4 is 11.0 Å². The van der Waals surface area contributed by atoms with Gasteiger partial charge in [-0.1, -0.05) is 6.07 Å². The summed E-state index contributed by atoms with van der Waals surface area (Å²) in [5.74, 6) is -0.0873. The number of phenols is 1. The molecule has 1 heterocycles. The second-order valence-electron chi connectivity index (χ2n) is 3.72. The first-order valence-electron chi connectivity index (χ1n) is 5.00. The molecule has 2 aliphatic rings. The number of aromatic nitrogens is 2. The summed E-state index contributed by atoms with van der Waals surface area (Å²) in [6.07, 6.45) is 0. The van der Waals surface area contributed by atoms with Crippen LogP contribution in [0.1, 0.15) is 0 Å². The zero-order chi connectivity index (χ0) is 12.0. The molecule has 0 saturated heterocycles. The Morgan fingerprint density at radius 2 is 2.00 bits per heavy atom. The Morgan fingerprint density at radius 1 is 1.18 bits per heavy atom. The number of nitrogens with zero attached hydrogens (tertiary/aromatic N) is 2. The van der Waals surface area contributed by atoms with E-state index in [1.165, 1.54) is 24.3 Å². The van der Waals surface area contributed by atoms with E-state index in [0.29, 0.717) is 11.2 Å². The summed E-state index contributed by atoms with van der Waals surface area (Å²) in [4.78, 5) is 15.5. The molecule has 0 fully saturated rings. The van der Waals surface area contributed by atoms with Crippen molar-refractivity contribution in [2.24, 2.45) is 0 Å². The third-order valence-corrected chi connectivity index (χ3v) is 2.62. The Morgan fingerprint density at radius 3 is 2.82 bits per heavy atom. The summed E-state index contributed by atoms with van der Waals surface area (Å²) in [5, 5.41) is 19.7. The molecule has 1 aromatic rings. The molecule has 1 aromatic carbocycles. The Hall–Kier alpha value is -2.56. The second-order valence-corrected chi connectivity index (χ2v) is 3.72. The maximum absolute atomic E-state index is 11.2. The van der Waals surface area contributed by atoms with E-state index < -0.39 is 0 Å². The lowest BCUT2D eigenvalue weighted by Gasteiger charge is -2.12. The molecule has 0 spiro atoms. The van der Waals surface area contributed by atoms with Crippen LogP contribution in [0.2, 0.25) is 0 Å². The van der Waals surface area contributed by atoms with Gasteiger partial charge in [-0.05, 0) is 24.3 Å². The maximum atomic E-state index is 11.2. The van der Waals surface area contributed by atoms with Gasteiger partial charge in [0, 0.05) is 6.07 Å². The largest absolute Gasteiger partial charge is 0.506 e. The van der Waals surface area contributed by atoms with Crippen molar-refractivity contribution in [3.8, 4) is 17.1 Å². The first-order chi connectivity index (χ1) is 8.16. The predicted octanol–water partition coefficient (Wildman–Crippen LogP) is 1.44. The molecule has 3 rings (SSSR count). The Bertz CT molecular complexity index is 749. The van der Waals surface area contributed by atoms with E-state index in [1.54, 1.807) is 12.1 Å². The van der Waals surface area contributed by atoms with Gasteiger partial charge < -0.3 is 10.3 Å². The van der Waals surface area contributed by atoms with Crippen molar-refractivity contribution in [1.82, 2.24) is 9.71 Å². The molecule has 1 aliphatic carbocycles. The number of hydrogen-bond donors (Lipinski definition) is 2. The van der Waals surface area contributed by atoms with Crippen LogP contribution in [0.3, 0.4) is 0 Å². The summed E-state index contributed by atoms with van der Waals surface area (Å²) in [5.41, 5.74) is 1.18. The summed E-state index contributed by atoms with van der Waals surface area (Å²) in [7, 11) is 0. The van der Waals surface area contributed by atoms with Gasteiger partial charge in [-0.2, -0.15) is 4.73 Å². The van der Waals surface area contributed by atoms with Gasteiger partial charge in [0.25, 0.3) is 0 Å². The average molecular weight is 228 g/mol. The lowest BCUT2D eigenvalue weighted by atomic mass is 10.2. The highest BCUT2D eigenvalue weighted by Gasteiger charge is 2.14. The van der Waals surface area contributed by atoms with E-state index in [-0.39, 0.29) is 22.4 Å². The molecular formula is C12H8N2O3.